The van der Waals surface area contributed by atoms with Crippen molar-refractivity contribution in [1.29, 1.82) is 0 Å². The molecule has 1 aromatic rings. The average molecular weight is 294 g/mol. The molecule has 2 rings (SSSR count). The van der Waals surface area contributed by atoms with Crippen LogP contribution in [0, 0.1) is 11.7 Å². The minimum atomic E-state index is -0.504. The average Bonchev–Trinajstić information content (AvgIpc) is 2.67. The summed E-state index contributed by atoms with van der Waals surface area (Å²) >= 11 is 4.85. The topological polar surface area (TPSA) is 55.1 Å². The van der Waals surface area contributed by atoms with E-state index in [0.29, 0.717) is 5.69 Å². The van der Waals surface area contributed by atoms with E-state index in [1.54, 1.807) is 12.1 Å². The SMILES string of the molecule is NC(=S)c1c(F)cccc1NC(=O)C1CCCCCC1. The molecule has 0 heterocycles. The maximum absolute atomic E-state index is 13.7. The highest BCUT2D eigenvalue weighted by molar-refractivity contribution is 7.80. The lowest BCUT2D eigenvalue weighted by molar-refractivity contribution is -0.120. The van der Waals surface area contributed by atoms with Crippen molar-refractivity contribution in [1.82, 2.24) is 0 Å². The smallest absolute Gasteiger partial charge is 0.227 e. The number of benzene rings is 1. The fourth-order valence-electron chi connectivity index (χ4n) is 2.66. The highest BCUT2D eigenvalue weighted by Crippen LogP contribution is 2.25. The van der Waals surface area contributed by atoms with E-state index in [0.717, 1.165) is 25.7 Å². The van der Waals surface area contributed by atoms with Gasteiger partial charge >= 0.3 is 0 Å². The largest absolute Gasteiger partial charge is 0.389 e. The molecule has 20 heavy (non-hydrogen) atoms. The van der Waals surface area contributed by atoms with Gasteiger partial charge < -0.3 is 11.1 Å². The van der Waals surface area contributed by atoms with Crippen LogP contribution >= 0.6 is 12.2 Å². The quantitative estimate of drug-likeness (QED) is 0.664. The lowest BCUT2D eigenvalue weighted by Gasteiger charge is -2.16. The second-order valence-electron chi connectivity index (χ2n) is 5.20. The molecule has 1 aromatic carbocycles. The summed E-state index contributed by atoms with van der Waals surface area (Å²) in [6.45, 7) is 0. The molecule has 1 amide bonds. The molecule has 0 aromatic heterocycles. The number of anilines is 1. The first-order valence-electron chi connectivity index (χ1n) is 6.99. The van der Waals surface area contributed by atoms with E-state index in [9.17, 15) is 9.18 Å². The number of thiocarbonyl (C=S) groups is 1. The van der Waals surface area contributed by atoms with Crippen molar-refractivity contribution in [3.8, 4) is 0 Å². The van der Waals surface area contributed by atoms with Crippen LogP contribution in [0.2, 0.25) is 0 Å². The predicted octanol–water partition coefficient (Wildman–Crippen LogP) is 3.37. The third-order valence-electron chi connectivity index (χ3n) is 3.74. The van der Waals surface area contributed by atoms with E-state index in [-0.39, 0.29) is 22.4 Å². The monoisotopic (exact) mass is 294 g/mol. The fourth-order valence-corrected chi connectivity index (χ4v) is 2.86. The minimum absolute atomic E-state index is 0.0000340. The Labute approximate surface area is 123 Å². The molecule has 1 aliphatic carbocycles. The van der Waals surface area contributed by atoms with Crippen LogP contribution in [0.4, 0.5) is 10.1 Å². The number of rotatable bonds is 3. The molecule has 5 heteroatoms. The van der Waals surface area contributed by atoms with Gasteiger partial charge in [-0.25, -0.2) is 4.39 Å². The van der Waals surface area contributed by atoms with E-state index in [1.165, 1.54) is 18.9 Å². The van der Waals surface area contributed by atoms with E-state index in [1.807, 2.05) is 0 Å². The van der Waals surface area contributed by atoms with Crippen LogP contribution in [0.15, 0.2) is 18.2 Å². The van der Waals surface area contributed by atoms with Gasteiger partial charge in [0, 0.05) is 5.92 Å². The molecule has 0 atom stereocenters. The number of hydrogen-bond donors (Lipinski definition) is 2. The van der Waals surface area contributed by atoms with Crippen LogP contribution in [-0.4, -0.2) is 10.9 Å². The highest BCUT2D eigenvalue weighted by atomic mass is 32.1. The zero-order valence-electron chi connectivity index (χ0n) is 11.3. The Balaban J connectivity index is 2.15. The van der Waals surface area contributed by atoms with Crippen LogP contribution in [0.25, 0.3) is 0 Å². The maximum atomic E-state index is 13.7. The summed E-state index contributed by atoms with van der Waals surface area (Å²) in [7, 11) is 0. The van der Waals surface area contributed by atoms with Gasteiger partial charge in [0.15, 0.2) is 0 Å². The number of hydrogen-bond acceptors (Lipinski definition) is 2. The van der Waals surface area contributed by atoms with Crippen LogP contribution in [-0.2, 0) is 4.79 Å². The third-order valence-corrected chi connectivity index (χ3v) is 3.95. The summed E-state index contributed by atoms with van der Waals surface area (Å²) in [4.78, 5) is 12.2. The van der Waals surface area contributed by atoms with Crippen LogP contribution < -0.4 is 11.1 Å². The standard InChI is InChI=1S/C15H19FN2OS/c16-11-8-5-9-12(13(11)14(17)20)18-15(19)10-6-3-1-2-4-7-10/h5,8-10H,1-4,6-7H2,(H2,17,20)(H,18,19). The highest BCUT2D eigenvalue weighted by Gasteiger charge is 2.21. The Morgan fingerprint density at radius 3 is 2.50 bits per heavy atom. The van der Waals surface area contributed by atoms with Crippen LogP contribution in [0.3, 0.4) is 0 Å². The lowest BCUT2D eigenvalue weighted by atomic mass is 9.99. The first-order chi connectivity index (χ1) is 9.59. The van der Waals surface area contributed by atoms with Gasteiger partial charge in [-0.2, -0.15) is 0 Å². The molecule has 1 saturated carbocycles. The zero-order valence-corrected chi connectivity index (χ0v) is 12.1. The number of halogens is 1. The molecule has 0 radical (unpaired) electrons. The summed E-state index contributed by atoms with van der Waals surface area (Å²) in [5.41, 5.74) is 6.02. The molecule has 1 fully saturated rings. The Bertz CT molecular complexity index is 511. The summed E-state index contributed by atoms with van der Waals surface area (Å²) in [5.74, 6) is -0.564. The van der Waals surface area contributed by atoms with Gasteiger partial charge in [-0.15, -0.1) is 0 Å². The van der Waals surface area contributed by atoms with Crippen molar-refractivity contribution in [3.05, 3.63) is 29.6 Å². The van der Waals surface area contributed by atoms with Gasteiger partial charge in [-0.1, -0.05) is 44.0 Å². The van der Waals surface area contributed by atoms with Gasteiger partial charge in [-0.3, -0.25) is 4.79 Å². The summed E-state index contributed by atoms with van der Waals surface area (Å²) < 4.78 is 13.7. The molecule has 0 saturated heterocycles. The molecule has 0 bridgehead atoms. The minimum Gasteiger partial charge on any atom is -0.389 e. The second-order valence-corrected chi connectivity index (χ2v) is 5.64. The van der Waals surface area contributed by atoms with Crippen molar-refractivity contribution in [3.63, 3.8) is 0 Å². The molecule has 3 nitrogen and oxygen atoms in total. The molecule has 3 N–H and O–H groups in total. The van der Waals surface area contributed by atoms with E-state index in [4.69, 9.17) is 18.0 Å². The number of nitrogens with two attached hydrogens (primary N) is 1. The van der Waals surface area contributed by atoms with Crippen molar-refractivity contribution < 1.29 is 9.18 Å². The first-order valence-corrected chi connectivity index (χ1v) is 7.39. The summed E-state index contributed by atoms with van der Waals surface area (Å²) in [5, 5.41) is 2.78. The third kappa shape index (κ3) is 3.54. The molecular weight excluding hydrogens is 275 g/mol. The number of nitrogens with one attached hydrogen (secondary N) is 1. The number of carbonyl (C=O) groups excluding carboxylic acids is 1. The van der Waals surface area contributed by atoms with Gasteiger partial charge in [-0.05, 0) is 25.0 Å². The molecule has 108 valence electrons. The van der Waals surface area contributed by atoms with E-state index >= 15 is 0 Å². The van der Waals surface area contributed by atoms with Gasteiger partial charge in [0.1, 0.15) is 10.8 Å². The van der Waals surface area contributed by atoms with Gasteiger partial charge in [0.2, 0.25) is 5.91 Å². The Morgan fingerprint density at radius 1 is 1.25 bits per heavy atom. The van der Waals surface area contributed by atoms with Crippen molar-refractivity contribution in [2.75, 3.05) is 5.32 Å². The molecule has 0 unspecified atom stereocenters. The second kappa shape index (κ2) is 6.79. The maximum Gasteiger partial charge on any atom is 0.227 e. The normalized spacial score (nSPS) is 16.4. The molecule has 0 aliphatic heterocycles. The molecule has 1 aliphatic rings. The Kier molecular flexibility index (Phi) is 5.06. The number of amides is 1. The van der Waals surface area contributed by atoms with E-state index in [2.05, 4.69) is 5.32 Å². The molecular formula is C15H19FN2OS. The number of carbonyl (C=O) groups is 1. The lowest BCUT2D eigenvalue weighted by Crippen LogP contribution is -2.24. The Morgan fingerprint density at radius 2 is 1.90 bits per heavy atom. The zero-order chi connectivity index (χ0) is 14.5. The van der Waals surface area contributed by atoms with Gasteiger partial charge in [0.25, 0.3) is 0 Å². The van der Waals surface area contributed by atoms with Crippen molar-refractivity contribution >= 4 is 28.8 Å². The van der Waals surface area contributed by atoms with Crippen molar-refractivity contribution in [2.24, 2.45) is 11.7 Å². The van der Waals surface area contributed by atoms with Crippen LogP contribution in [0.5, 0.6) is 0 Å². The predicted molar refractivity (Wildman–Crippen MR) is 82.1 cm³/mol. The van der Waals surface area contributed by atoms with E-state index < -0.39 is 5.82 Å². The van der Waals surface area contributed by atoms with Crippen LogP contribution in [0.1, 0.15) is 44.1 Å². The fraction of sp³-hybridized carbons (Fsp3) is 0.467. The first kappa shape index (κ1) is 14.9. The Hall–Kier alpha value is -1.49. The van der Waals surface area contributed by atoms with Gasteiger partial charge in [0.05, 0.1) is 11.3 Å². The van der Waals surface area contributed by atoms with Crippen molar-refractivity contribution in [2.45, 2.75) is 38.5 Å². The summed E-state index contributed by atoms with van der Waals surface area (Å²) in [6, 6.07) is 4.46. The summed E-state index contributed by atoms with van der Waals surface area (Å²) in [6.07, 6.45) is 6.30. The molecule has 0 spiro atoms.